The summed E-state index contributed by atoms with van der Waals surface area (Å²) in [6.45, 7) is 4.13. The average Bonchev–Trinajstić information content (AvgIpc) is 2.59. The molecule has 1 heterocycles. The second-order valence-electron chi connectivity index (χ2n) is 6.00. The van der Waals surface area contributed by atoms with E-state index in [-0.39, 0.29) is 17.7 Å². The molecule has 7 nitrogen and oxygen atoms in total. The fourth-order valence-corrected chi connectivity index (χ4v) is 2.98. The van der Waals surface area contributed by atoms with Gasteiger partial charge in [-0.05, 0) is 38.0 Å². The fourth-order valence-electron chi connectivity index (χ4n) is 2.60. The summed E-state index contributed by atoms with van der Waals surface area (Å²) < 4.78 is 6.38. The summed E-state index contributed by atoms with van der Waals surface area (Å²) >= 11 is 3.33. The Morgan fingerprint density at radius 3 is 2.76 bits per heavy atom. The van der Waals surface area contributed by atoms with Crippen molar-refractivity contribution in [2.75, 3.05) is 13.1 Å². The summed E-state index contributed by atoms with van der Waals surface area (Å²) in [5.41, 5.74) is 4.80. The molecule has 3 amide bonds. The van der Waals surface area contributed by atoms with E-state index < -0.39 is 12.0 Å². The van der Waals surface area contributed by atoms with Gasteiger partial charge in [0.15, 0.2) is 6.10 Å². The molecule has 0 spiro atoms. The molecule has 0 unspecified atom stereocenters. The average molecular weight is 412 g/mol. The van der Waals surface area contributed by atoms with Crippen LogP contribution in [-0.2, 0) is 14.4 Å². The molecular formula is C17H22BrN3O4. The lowest BCUT2D eigenvalue weighted by molar-refractivity contribution is -0.137. The van der Waals surface area contributed by atoms with E-state index in [0.29, 0.717) is 25.3 Å². The highest BCUT2D eigenvalue weighted by Crippen LogP contribution is 2.19. The first-order valence-corrected chi connectivity index (χ1v) is 8.93. The largest absolute Gasteiger partial charge is 0.481 e. The van der Waals surface area contributed by atoms with Gasteiger partial charge in [-0.25, -0.2) is 0 Å². The molecule has 2 atom stereocenters. The van der Waals surface area contributed by atoms with Crippen LogP contribution in [0, 0.1) is 5.92 Å². The minimum atomic E-state index is -0.769. The van der Waals surface area contributed by atoms with E-state index in [4.69, 9.17) is 4.74 Å². The molecule has 0 aliphatic carbocycles. The number of carbonyl (C=O) groups excluding carboxylic acids is 3. The summed E-state index contributed by atoms with van der Waals surface area (Å²) in [6.07, 6.45) is 0.693. The number of benzene rings is 1. The first kappa shape index (κ1) is 19.2. The molecule has 1 fully saturated rings. The lowest BCUT2D eigenvalue weighted by atomic mass is 9.97. The van der Waals surface area contributed by atoms with Crippen LogP contribution in [0.15, 0.2) is 28.7 Å². The molecule has 2 N–H and O–H groups in total. The number of carbonyl (C=O) groups is 3. The van der Waals surface area contributed by atoms with Crippen LogP contribution >= 0.6 is 15.9 Å². The quantitative estimate of drug-likeness (QED) is 0.736. The second-order valence-corrected chi connectivity index (χ2v) is 6.92. The number of amides is 3. The van der Waals surface area contributed by atoms with Gasteiger partial charge in [0, 0.05) is 24.5 Å². The maximum absolute atomic E-state index is 12.2. The van der Waals surface area contributed by atoms with Crippen molar-refractivity contribution in [3.63, 3.8) is 0 Å². The van der Waals surface area contributed by atoms with Crippen molar-refractivity contribution in [1.82, 2.24) is 15.8 Å². The van der Waals surface area contributed by atoms with Gasteiger partial charge in [0.25, 0.3) is 5.91 Å². The number of piperidine rings is 1. The topological polar surface area (TPSA) is 87.7 Å². The monoisotopic (exact) mass is 411 g/mol. The van der Waals surface area contributed by atoms with Crippen LogP contribution in [0.1, 0.15) is 26.7 Å². The summed E-state index contributed by atoms with van der Waals surface area (Å²) in [5.74, 6) is -0.564. The first-order chi connectivity index (χ1) is 11.9. The predicted octanol–water partition coefficient (Wildman–Crippen LogP) is 1.62. The zero-order chi connectivity index (χ0) is 18.4. The van der Waals surface area contributed by atoms with E-state index in [9.17, 15) is 14.4 Å². The van der Waals surface area contributed by atoms with Crippen molar-refractivity contribution in [2.24, 2.45) is 5.92 Å². The van der Waals surface area contributed by atoms with Crippen molar-refractivity contribution in [3.05, 3.63) is 28.7 Å². The van der Waals surface area contributed by atoms with Crippen molar-refractivity contribution in [2.45, 2.75) is 32.8 Å². The van der Waals surface area contributed by atoms with Crippen LogP contribution in [0.3, 0.4) is 0 Å². The van der Waals surface area contributed by atoms with Crippen LogP contribution in [-0.4, -0.2) is 41.8 Å². The molecule has 25 heavy (non-hydrogen) atoms. The third-order valence-corrected chi connectivity index (χ3v) is 4.52. The Labute approximate surface area is 155 Å². The molecule has 8 heteroatoms. The van der Waals surface area contributed by atoms with Gasteiger partial charge in [0.05, 0.1) is 5.92 Å². The standard InChI is InChI=1S/C17H22BrN3O4/c1-11(25-15-7-3-6-14(18)9-15)16(23)19-20-17(24)13-5-4-8-21(10-13)12(2)22/h3,6-7,9,11,13H,4-5,8,10H2,1-2H3,(H,19,23)(H,20,24)/t11-,13-/m1/s1. The van der Waals surface area contributed by atoms with E-state index in [1.165, 1.54) is 6.92 Å². The molecule has 2 rings (SSSR count). The minimum Gasteiger partial charge on any atom is -0.481 e. The molecule has 1 aliphatic heterocycles. The Kier molecular flexibility index (Phi) is 6.81. The van der Waals surface area contributed by atoms with Gasteiger partial charge >= 0.3 is 0 Å². The Hall–Kier alpha value is -2.09. The van der Waals surface area contributed by atoms with E-state index in [2.05, 4.69) is 26.8 Å². The number of likely N-dealkylation sites (tertiary alicyclic amines) is 1. The van der Waals surface area contributed by atoms with E-state index >= 15 is 0 Å². The Balaban J connectivity index is 1.80. The van der Waals surface area contributed by atoms with Gasteiger partial charge in [0.1, 0.15) is 5.75 Å². The number of hydrogen-bond acceptors (Lipinski definition) is 4. The van der Waals surface area contributed by atoms with Crippen LogP contribution in [0.5, 0.6) is 5.75 Å². The van der Waals surface area contributed by atoms with E-state index in [1.54, 1.807) is 30.0 Å². The molecule has 1 aromatic carbocycles. The highest BCUT2D eigenvalue weighted by molar-refractivity contribution is 9.10. The van der Waals surface area contributed by atoms with Crippen LogP contribution in [0.2, 0.25) is 0 Å². The number of hydrazine groups is 1. The van der Waals surface area contributed by atoms with Crippen molar-refractivity contribution < 1.29 is 19.1 Å². The summed E-state index contributed by atoms with van der Waals surface area (Å²) in [4.78, 5) is 37.3. The number of nitrogens with zero attached hydrogens (tertiary/aromatic N) is 1. The zero-order valence-electron chi connectivity index (χ0n) is 14.3. The molecule has 1 aliphatic rings. The molecule has 1 saturated heterocycles. The van der Waals surface area contributed by atoms with Gasteiger partial charge in [-0.3, -0.25) is 25.2 Å². The Morgan fingerprint density at radius 1 is 1.32 bits per heavy atom. The first-order valence-electron chi connectivity index (χ1n) is 8.14. The molecule has 0 radical (unpaired) electrons. The minimum absolute atomic E-state index is 0.0439. The van der Waals surface area contributed by atoms with Crippen molar-refractivity contribution in [1.29, 1.82) is 0 Å². The third kappa shape index (κ3) is 5.74. The van der Waals surface area contributed by atoms with Crippen LogP contribution in [0.25, 0.3) is 0 Å². The van der Waals surface area contributed by atoms with Crippen LogP contribution in [0.4, 0.5) is 0 Å². The molecule has 0 aromatic heterocycles. The molecular weight excluding hydrogens is 390 g/mol. The van der Waals surface area contributed by atoms with Crippen molar-refractivity contribution in [3.8, 4) is 5.75 Å². The Morgan fingerprint density at radius 2 is 2.08 bits per heavy atom. The Bertz CT molecular complexity index is 653. The van der Waals surface area contributed by atoms with Crippen LogP contribution < -0.4 is 15.6 Å². The molecule has 0 saturated carbocycles. The zero-order valence-corrected chi connectivity index (χ0v) is 15.8. The lowest BCUT2D eigenvalue weighted by Crippen LogP contribution is -2.52. The number of rotatable bonds is 4. The molecule has 0 bridgehead atoms. The second kappa shape index (κ2) is 8.84. The smallest absolute Gasteiger partial charge is 0.279 e. The maximum Gasteiger partial charge on any atom is 0.279 e. The normalized spacial score (nSPS) is 18.2. The summed E-state index contributed by atoms with van der Waals surface area (Å²) in [5, 5.41) is 0. The van der Waals surface area contributed by atoms with E-state index in [1.807, 2.05) is 6.07 Å². The number of nitrogens with one attached hydrogen (secondary N) is 2. The highest BCUT2D eigenvalue weighted by Gasteiger charge is 2.27. The van der Waals surface area contributed by atoms with E-state index in [0.717, 1.165) is 10.9 Å². The molecule has 136 valence electrons. The summed E-state index contributed by atoms with van der Waals surface area (Å²) in [7, 11) is 0. The van der Waals surface area contributed by atoms with Gasteiger partial charge < -0.3 is 9.64 Å². The number of ether oxygens (including phenoxy) is 1. The van der Waals surface area contributed by atoms with Gasteiger partial charge in [-0.15, -0.1) is 0 Å². The SMILES string of the molecule is CC(=O)N1CCC[C@@H](C(=O)NNC(=O)[C@@H](C)Oc2cccc(Br)c2)C1. The third-order valence-electron chi connectivity index (χ3n) is 4.02. The molecule has 1 aromatic rings. The predicted molar refractivity (Wildman–Crippen MR) is 95.5 cm³/mol. The van der Waals surface area contributed by atoms with Gasteiger partial charge in [0.2, 0.25) is 11.8 Å². The maximum atomic E-state index is 12.2. The highest BCUT2D eigenvalue weighted by atomic mass is 79.9. The van der Waals surface area contributed by atoms with Gasteiger partial charge in [-0.2, -0.15) is 0 Å². The summed E-state index contributed by atoms with van der Waals surface area (Å²) in [6, 6.07) is 7.15. The fraction of sp³-hybridized carbons (Fsp3) is 0.471. The van der Waals surface area contributed by atoms with Gasteiger partial charge in [-0.1, -0.05) is 22.0 Å². The number of hydrogen-bond donors (Lipinski definition) is 2. The lowest BCUT2D eigenvalue weighted by Gasteiger charge is -2.31. The number of halogens is 1. The van der Waals surface area contributed by atoms with Crippen molar-refractivity contribution >= 4 is 33.7 Å².